The maximum absolute atomic E-state index is 11.9. The summed E-state index contributed by atoms with van der Waals surface area (Å²) in [5.74, 6) is -1.38. The number of hydrogen-bond donors (Lipinski definition) is 2. The predicted octanol–water partition coefficient (Wildman–Crippen LogP) is -1.29. The van der Waals surface area contributed by atoms with Crippen molar-refractivity contribution in [1.29, 1.82) is 0 Å². The van der Waals surface area contributed by atoms with Crippen LogP contribution in [0.25, 0.3) is 0 Å². The van der Waals surface area contributed by atoms with Gasteiger partial charge < -0.3 is 15.1 Å². The van der Waals surface area contributed by atoms with Crippen molar-refractivity contribution in [3.8, 4) is 0 Å². The monoisotopic (exact) mass is 254 g/mol. The maximum Gasteiger partial charge on any atom is 0.326 e. The van der Waals surface area contributed by atoms with E-state index >= 15 is 0 Å². The maximum atomic E-state index is 11.9. The Kier molecular flexibility index (Phi) is 3.56. The zero-order valence-corrected chi connectivity index (χ0v) is 9.64. The number of likely N-dealkylation sites (tertiary alicyclic amines) is 1. The number of aryl methyl sites for hydroxylation is 1. The first-order valence-corrected chi connectivity index (χ1v) is 5.60. The third-order valence-corrected chi connectivity index (χ3v) is 2.91. The quantitative estimate of drug-likeness (QED) is 0.692. The zero-order valence-electron chi connectivity index (χ0n) is 9.64. The number of aliphatic carboxylic acids is 1. The van der Waals surface area contributed by atoms with Gasteiger partial charge in [0.05, 0.1) is 12.6 Å². The van der Waals surface area contributed by atoms with Gasteiger partial charge >= 0.3 is 5.97 Å². The standard InChI is InChI=1S/C10H14N4O4/c15-7-3-8(10(17)18)14(4-7)9(16)1-2-13-6-11-5-12-13/h5-8,15H,1-4H2,(H,17,18). The van der Waals surface area contributed by atoms with E-state index in [-0.39, 0.29) is 25.3 Å². The summed E-state index contributed by atoms with van der Waals surface area (Å²) >= 11 is 0. The molecule has 2 unspecified atom stereocenters. The van der Waals surface area contributed by atoms with E-state index in [9.17, 15) is 14.7 Å². The highest BCUT2D eigenvalue weighted by Gasteiger charge is 2.38. The van der Waals surface area contributed by atoms with Crippen LogP contribution in [-0.2, 0) is 16.1 Å². The normalized spacial score (nSPS) is 23.3. The van der Waals surface area contributed by atoms with Crippen LogP contribution in [-0.4, -0.2) is 60.4 Å². The lowest BCUT2D eigenvalue weighted by molar-refractivity contribution is -0.148. The molecule has 8 nitrogen and oxygen atoms in total. The van der Waals surface area contributed by atoms with E-state index in [1.165, 1.54) is 22.2 Å². The molecule has 0 bridgehead atoms. The smallest absolute Gasteiger partial charge is 0.326 e. The zero-order chi connectivity index (χ0) is 13.1. The Morgan fingerprint density at radius 1 is 1.44 bits per heavy atom. The van der Waals surface area contributed by atoms with Crippen LogP contribution in [0.15, 0.2) is 12.7 Å². The number of aromatic nitrogens is 3. The lowest BCUT2D eigenvalue weighted by Gasteiger charge is -2.20. The van der Waals surface area contributed by atoms with Gasteiger partial charge in [-0.1, -0.05) is 0 Å². The van der Waals surface area contributed by atoms with Gasteiger partial charge in [-0.25, -0.2) is 9.78 Å². The van der Waals surface area contributed by atoms with Crippen LogP contribution in [0.2, 0.25) is 0 Å². The number of β-amino-alcohol motifs (C(OH)–C–C–N with tert-alkyl or cyclic N) is 1. The summed E-state index contributed by atoms with van der Waals surface area (Å²) in [6, 6.07) is -0.928. The number of carboxylic acids is 1. The minimum Gasteiger partial charge on any atom is -0.480 e. The molecule has 2 N–H and O–H groups in total. The number of rotatable bonds is 4. The van der Waals surface area contributed by atoms with Gasteiger partial charge in [-0.2, -0.15) is 5.10 Å². The SMILES string of the molecule is O=C(O)C1CC(O)CN1C(=O)CCn1cncn1. The molecule has 1 aliphatic rings. The summed E-state index contributed by atoms with van der Waals surface area (Å²) in [7, 11) is 0. The Hall–Kier alpha value is -1.96. The molecular weight excluding hydrogens is 240 g/mol. The molecule has 1 amide bonds. The van der Waals surface area contributed by atoms with Crippen molar-refractivity contribution in [3.63, 3.8) is 0 Å². The Morgan fingerprint density at radius 2 is 2.22 bits per heavy atom. The molecule has 8 heteroatoms. The predicted molar refractivity (Wildman–Crippen MR) is 58.4 cm³/mol. The molecule has 1 saturated heterocycles. The van der Waals surface area contributed by atoms with Crippen molar-refractivity contribution in [1.82, 2.24) is 19.7 Å². The lowest BCUT2D eigenvalue weighted by Crippen LogP contribution is -2.40. The third kappa shape index (κ3) is 2.65. The minimum absolute atomic E-state index is 0.0765. The molecule has 1 fully saturated rings. The van der Waals surface area contributed by atoms with Crippen LogP contribution in [0.3, 0.4) is 0 Å². The second-order valence-corrected chi connectivity index (χ2v) is 4.20. The molecular formula is C10H14N4O4. The summed E-state index contributed by atoms with van der Waals surface area (Å²) < 4.78 is 1.50. The Labute approximate surface area is 103 Å². The van der Waals surface area contributed by atoms with Gasteiger partial charge in [0, 0.05) is 19.4 Å². The Balaban J connectivity index is 1.93. The average molecular weight is 254 g/mol. The van der Waals surface area contributed by atoms with Crippen molar-refractivity contribution in [2.75, 3.05) is 6.54 Å². The van der Waals surface area contributed by atoms with Crippen LogP contribution < -0.4 is 0 Å². The topological polar surface area (TPSA) is 109 Å². The van der Waals surface area contributed by atoms with Crippen LogP contribution in [0, 0.1) is 0 Å². The number of carboxylic acid groups (broad SMARTS) is 1. The second-order valence-electron chi connectivity index (χ2n) is 4.20. The molecule has 0 radical (unpaired) electrons. The molecule has 0 aliphatic carbocycles. The van der Waals surface area contributed by atoms with Crippen molar-refractivity contribution in [3.05, 3.63) is 12.7 Å². The van der Waals surface area contributed by atoms with Crippen LogP contribution in [0.4, 0.5) is 0 Å². The van der Waals surface area contributed by atoms with E-state index in [0.717, 1.165) is 0 Å². The highest BCUT2D eigenvalue weighted by atomic mass is 16.4. The van der Waals surface area contributed by atoms with E-state index in [4.69, 9.17) is 5.11 Å². The van der Waals surface area contributed by atoms with Gasteiger partial charge in [0.15, 0.2) is 0 Å². The molecule has 0 saturated carbocycles. The summed E-state index contributed by atoms with van der Waals surface area (Å²) in [6.45, 7) is 0.422. The average Bonchev–Trinajstić information content (AvgIpc) is 2.94. The molecule has 0 aromatic carbocycles. The molecule has 1 aromatic rings. The third-order valence-electron chi connectivity index (χ3n) is 2.91. The molecule has 1 aliphatic heterocycles. The second kappa shape index (κ2) is 5.13. The highest BCUT2D eigenvalue weighted by Crippen LogP contribution is 2.19. The summed E-state index contributed by atoms with van der Waals surface area (Å²) in [4.78, 5) is 27.8. The van der Waals surface area contributed by atoms with Crippen molar-refractivity contribution < 1.29 is 19.8 Å². The van der Waals surface area contributed by atoms with E-state index in [1.807, 2.05) is 0 Å². The van der Waals surface area contributed by atoms with E-state index < -0.39 is 18.1 Å². The van der Waals surface area contributed by atoms with Gasteiger partial charge in [0.2, 0.25) is 5.91 Å². The molecule has 1 aromatic heterocycles. The lowest BCUT2D eigenvalue weighted by atomic mass is 10.2. The van der Waals surface area contributed by atoms with Gasteiger partial charge in [0.1, 0.15) is 18.7 Å². The number of carbonyl (C=O) groups excluding carboxylic acids is 1. The first-order valence-electron chi connectivity index (χ1n) is 5.60. The fraction of sp³-hybridized carbons (Fsp3) is 0.600. The highest BCUT2D eigenvalue weighted by molar-refractivity contribution is 5.84. The number of nitrogens with zero attached hydrogens (tertiary/aromatic N) is 4. The number of carbonyl (C=O) groups is 2. The number of aliphatic hydroxyl groups excluding tert-OH is 1. The van der Waals surface area contributed by atoms with Crippen molar-refractivity contribution in [2.24, 2.45) is 0 Å². The Morgan fingerprint density at radius 3 is 2.83 bits per heavy atom. The van der Waals surface area contributed by atoms with Gasteiger partial charge in [-0.05, 0) is 0 Å². The largest absolute Gasteiger partial charge is 0.480 e. The van der Waals surface area contributed by atoms with E-state index in [2.05, 4.69) is 10.1 Å². The van der Waals surface area contributed by atoms with Gasteiger partial charge in [-0.15, -0.1) is 0 Å². The molecule has 98 valence electrons. The molecule has 18 heavy (non-hydrogen) atoms. The molecule has 0 spiro atoms. The molecule has 2 atom stereocenters. The van der Waals surface area contributed by atoms with E-state index in [0.29, 0.717) is 6.54 Å². The fourth-order valence-corrected chi connectivity index (χ4v) is 2.03. The first-order chi connectivity index (χ1) is 8.58. The molecule has 2 heterocycles. The minimum atomic E-state index is -1.08. The van der Waals surface area contributed by atoms with Crippen molar-refractivity contribution in [2.45, 2.75) is 31.5 Å². The first kappa shape index (κ1) is 12.5. The number of amides is 1. The van der Waals surface area contributed by atoms with Gasteiger partial charge in [0.25, 0.3) is 0 Å². The molecule has 2 rings (SSSR count). The summed E-state index contributed by atoms with van der Waals surface area (Å²) in [6.07, 6.45) is 2.32. The van der Waals surface area contributed by atoms with Crippen LogP contribution >= 0.6 is 0 Å². The van der Waals surface area contributed by atoms with Gasteiger partial charge in [-0.3, -0.25) is 9.48 Å². The van der Waals surface area contributed by atoms with Crippen molar-refractivity contribution >= 4 is 11.9 Å². The van der Waals surface area contributed by atoms with E-state index in [1.54, 1.807) is 0 Å². The Bertz CT molecular complexity index is 433. The summed E-state index contributed by atoms with van der Waals surface area (Å²) in [5, 5.41) is 22.3. The number of aliphatic hydroxyl groups is 1. The number of hydrogen-bond acceptors (Lipinski definition) is 5. The fourth-order valence-electron chi connectivity index (χ4n) is 2.03. The van der Waals surface area contributed by atoms with Crippen LogP contribution in [0.1, 0.15) is 12.8 Å². The summed E-state index contributed by atoms with van der Waals surface area (Å²) in [5.41, 5.74) is 0. The van der Waals surface area contributed by atoms with Crippen LogP contribution in [0.5, 0.6) is 0 Å².